The van der Waals surface area contributed by atoms with Gasteiger partial charge in [0.2, 0.25) is 0 Å². The number of carbonyl (C=O) groups is 1. The van der Waals surface area contributed by atoms with Crippen molar-refractivity contribution >= 4 is 28.5 Å². The van der Waals surface area contributed by atoms with Gasteiger partial charge in [0.1, 0.15) is 0 Å². The first-order valence-electron chi connectivity index (χ1n) is 6.13. The standard InChI is InChI=1S/C13H14F3IN2O/c1-18-4-6-19(7-5-18)12(20)9-2-3-10(11(17)8-9)13(14,15)16/h2-3,8H,4-7H2,1H3. The number of piperazine rings is 1. The zero-order valence-electron chi connectivity index (χ0n) is 10.9. The Hall–Kier alpha value is -0.830. The molecule has 110 valence electrons. The van der Waals surface area contributed by atoms with Crippen LogP contribution in [0.15, 0.2) is 18.2 Å². The molecule has 1 amide bonds. The Balaban J connectivity index is 2.17. The summed E-state index contributed by atoms with van der Waals surface area (Å²) in [6.45, 7) is 2.77. The molecule has 0 aliphatic carbocycles. The predicted octanol–water partition coefficient (Wildman–Crippen LogP) is 2.70. The Morgan fingerprint density at radius 1 is 1.20 bits per heavy atom. The maximum absolute atomic E-state index is 12.7. The molecule has 0 aromatic heterocycles. The van der Waals surface area contributed by atoms with Crippen LogP contribution in [0.2, 0.25) is 0 Å². The van der Waals surface area contributed by atoms with Crippen molar-refractivity contribution < 1.29 is 18.0 Å². The summed E-state index contributed by atoms with van der Waals surface area (Å²) in [4.78, 5) is 16.0. The number of carbonyl (C=O) groups excluding carboxylic acids is 1. The number of likely N-dealkylation sites (N-methyl/N-ethyl adjacent to an activating group) is 1. The Morgan fingerprint density at radius 2 is 1.80 bits per heavy atom. The summed E-state index contributed by atoms with van der Waals surface area (Å²) in [5, 5.41) is 0. The van der Waals surface area contributed by atoms with Crippen LogP contribution in [0.5, 0.6) is 0 Å². The van der Waals surface area contributed by atoms with E-state index >= 15 is 0 Å². The first-order chi connectivity index (χ1) is 9.29. The lowest BCUT2D eigenvalue weighted by Crippen LogP contribution is -2.47. The summed E-state index contributed by atoms with van der Waals surface area (Å²) < 4.78 is 38.1. The van der Waals surface area contributed by atoms with Crippen molar-refractivity contribution in [2.75, 3.05) is 33.2 Å². The van der Waals surface area contributed by atoms with E-state index in [1.54, 1.807) is 27.5 Å². The number of rotatable bonds is 1. The molecule has 1 aromatic rings. The van der Waals surface area contributed by atoms with E-state index < -0.39 is 11.7 Å². The first kappa shape index (κ1) is 15.6. The lowest BCUT2D eigenvalue weighted by atomic mass is 10.1. The maximum Gasteiger partial charge on any atom is 0.417 e. The molecule has 7 heteroatoms. The molecule has 3 nitrogen and oxygen atoms in total. The lowest BCUT2D eigenvalue weighted by molar-refractivity contribution is -0.138. The van der Waals surface area contributed by atoms with Crippen LogP contribution in [0.3, 0.4) is 0 Å². The molecule has 0 unspecified atom stereocenters. The zero-order chi connectivity index (χ0) is 14.9. The van der Waals surface area contributed by atoms with Gasteiger partial charge in [-0.05, 0) is 47.8 Å². The molecule has 0 bridgehead atoms. The van der Waals surface area contributed by atoms with E-state index in [0.717, 1.165) is 19.2 Å². The summed E-state index contributed by atoms with van der Waals surface area (Å²) in [5.74, 6) is -0.204. The minimum absolute atomic E-state index is 0.0510. The smallest absolute Gasteiger partial charge is 0.336 e. The van der Waals surface area contributed by atoms with Gasteiger partial charge in [0.15, 0.2) is 0 Å². The molecule has 20 heavy (non-hydrogen) atoms. The third-order valence-electron chi connectivity index (χ3n) is 3.31. The van der Waals surface area contributed by atoms with Crippen molar-refractivity contribution in [3.8, 4) is 0 Å². The number of nitrogens with zero attached hydrogens (tertiary/aromatic N) is 2. The quantitative estimate of drug-likeness (QED) is 0.680. The van der Waals surface area contributed by atoms with Gasteiger partial charge in [-0.3, -0.25) is 4.79 Å². The summed E-state index contributed by atoms with van der Waals surface area (Å²) >= 11 is 1.62. The van der Waals surface area contributed by atoms with Gasteiger partial charge < -0.3 is 9.80 Å². The molecular formula is C13H14F3IN2O. The molecule has 1 fully saturated rings. The van der Waals surface area contributed by atoms with Gasteiger partial charge in [-0.15, -0.1) is 0 Å². The molecule has 1 heterocycles. The van der Waals surface area contributed by atoms with Crippen LogP contribution in [0.25, 0.3) is 0 Å². The molecule has 2 rings (SSSR count). The number of hydrogen-bond donors (Lipinski definition) is 0. The second-order valence-electron chi connectivity index (χ2n) is 4.79. The van der Waals surface area contributed by atoms with E-state index in [0.29, 0.717) is 18.7 Å². The van der Waals surface area contributed by atoms with E-state index in [4.69, 9.17) is 0 Å². The van der Waals surface area contributed by atoms with Crippen molar-refractivity contribution in [2.24, 2.45) is 0 Å². The van der Waals surface area contributed by atoms with Crippen LogP contribution in [-0.2, 0) is 6.18 Å². The molecule has 0 spiro atoms. The van der Waals surface area contributed by atoms with Crippen molar-refractivity contribution in [1.29, 1.82) is 0 Å². The van der Waals surface area contributed by atoms with E-state index in [1.807, 2.05) is 7.05 Å². The van der Waals surface area contributed by atoms with Gasteiger partial charge >= 0.3 is 6.18 Å². The highest BCUT2D eigenvalue weighted by atomic mass is 127. The summed E-state index contributed by atoms with van der Waals surface area (Å²) in [7, 11) is 1.98. The third-order valence-corrected chi connectivity index (χ3v) is 4.20. The normalized spacial score (nSPS) is 17.4. The highest BCUT2D eigenvalue weighted by molar-refractivity contribution is 14.1. The maximum atomic E-state index is 12.7. The average molecular weight is 398 g/mol. The van der Waals surface area contributed by atoms with Crippen LogP contribution in [-0.4, -0.2) is 48.9 Å². The van der Waals surface area contributed by atoms with E-state index in [2.05, 4.69) is 4.90 Å². The molecule has 0 radical (unpaired) electrons. The Kier molecular flexibility index (Phi) is 4.58. The van der Waals surface area contributed by atoms with Gasteiger partial charge in [-0.25, -0.2) is 0 Å². The van der Waals surface area contributed by atoms with E-state index in [1.165, 1.54) is 12.1 Å². The molecule has 0 N–H and O–H groups in total. The molecule has 1 aliphatic heterocycles. The largest absolute Gasteiger partial charge is 0.417 e. The number of hydrogen-bond acceptors (Lipinski definition) is 2. The summed E-state index contributed by atoms with van der Waals surface area (Å²) in [6.07, 6.45) is -4.38. The van der Waals surface area contributed by atoms with E-state index in [-0.39, 0.29) is 9.48 Å². The molecular weight excluding hydrogens is 384 g/mol. The Morgan fingerprint density at radius 3 is 2.30 bits per heavy atom. The van der Waals surface area contributed by atoms with Crippen molar-refractivity contribution in [1.82, 2.24) is 9.80 Å². The van der Waals surface area contributed by atoms with Gasteiger partial charge in [0, 0.05) is 35.3 Å². The van der Waals surface area contributed by atoms with Crippen LogP contribution >= 0.6 is 22.6 Å². The fourth-order valence-electron chi connectivity index (χ4n) is 2.07. The lowest BCUT2D eigenvalue weighted by Gasteiger charge is -2.32. The molecule has 0 saturated carbocycles. The zero-order valence-corrected chi connectivity index (χ0v) is 13.0. The van der Waals surface area contributed by atoms with Crippen molar-refractivity contribution in [3.63, 3.8) is 0 Å². The molecule has 1 aliphatic rings. The SMILES string of the molecule is CN1CCN(C(=O)c2ccc(C(F)(F)F)c(I)c2)CC1. The fraction of sp³-hybridized carbons (Fsp3) is 0.462. The molecule has 1 saturated heterocycles. The third kappa shape index (κ3) is 3.43. The highest BCUT2D eigenvalue weighted by Crippen LogP contribution is 2.33. The van der Waals surface area contributed by atoms with Crippen molar-refractivity contribution in [2.45, 2.75) is 6.18 Å². The van der Waals surface area contributed by atoms with E-state index in [9.17, 15) is 18.0 Å². The van der Waals surface area contributed by atoms with Gasteiger partial charge in [-0.1, -0.05) is 0 Å². The summed E-state index contributed by atoms with van der Waals surface area (Å²) in [6, 6.07) is 3.54. The minimum Gasteiger partial charge on any atom is -0.336 e. The number of benzene rings is 1. The second kappa shape index (κ2) is 5.88. The second-order valence-corrected chi connectivity index (χ2v) is 5.95. The summed E-state index contributed by atoms with van der Waals surface area (Å²) in [5.41, 5.74) is -0.389. The average Bonchev–Trinajstić information content (AvgIpc) is 2.37. The molecule has 0 atom stereocenters. The van der Waals surface area contributed by atoms with Crippen molar-refractivity contribution in [3.05, 3.63) is 32.9 Å². The molecule has 1 aromatic carbocycles. The van der Waals surface area contributed by atoms with Gasteiger partial charge in [-0.2, -0.15) is 13.2 Å². The van der Waals surface area contributed by atoms with Gasteiger partial charge in [0.25, 0.3) is 5.91 Å². The predicted molar refractivity (Wildman–Crippen MR) is 77.6 cm³/mol. The topological polar surface area (TPSA) is 23.6 Å². The van der Waals surface area contributed by atoms with Gasteiger partial charge in [0.05, 0.1) is 5.56 Å². The minimum atomic E-state index is -4.38. The Bertz CT molecular complexity index is 511. The fourth-order valence-corrected chi connectivity index (χ4v) is 2.89. The van der Waals surface area contributed by atoms with Crippen LogP contribution < -0.4 is 0 Å². The number of halogens is 4. The highest BCUT2D eigenvalue weighted by Gasteiger charge is 2.33. The number of alkyl halides is 3. The number of amides is 1. The van der Waals surface area contributed by atoms with Crippen LogP contribution in [0, 0.1) is 3.57 Å². The van der Waals surface area contributed by atoms with Crippen LogP contribution in [0.1, 0.15) is 15.9 Å². The van der Waals surface area contributed by atoms with Crippen LogP contribution in [0.4, 0.5) is 13.2 Å². The monoisotopic (exact) mass is 398 g/mol. The Labute approximate surface area is 128 Å². The first-order valence-corrected chi connectivity index (χ1v) is 7.21.